The van der Waals surface area contributed by atoms with Crippen LogP contribution in [0, 0.1) is 13.8 Å². The van der Waals surface area contributed by atoms with Crippen LogP contribution in [0.15, 0.2) is 43.2 Å². The summed E-state index contributed by atoms with van der Waals surface area (Å²) in [5, 5.41) is 6.85. The average molecular weight is 310 g/mol. The molecule has 23 heavy (non-hydrogen) atoms. The maximum atomic E-state index is 11.9. The highest BCUT2D eigenvalue weighted by molar-refractivity contribution is 5.90. The van der Waals surface area contributed by atoms with Gasteiger partial charge >= 0.3 is 0 Å². The van der Waals surface area contributed by atoms with Crippen molar-refractivity contribution in [3.05, 3.63) is 54.6 Å². The van der Waals surface area contributed by atoms with Crippen LogP contribution in [-0.4, -0.2) is 30.2 Å². The molecule has 3 aromatic rings. The Hall–Kier alpha value is -2.96. The first-order chi connectivity index (χ1) is 11.1. The Labute approximate surface area is 134 Å². The molecule has 0 bridgehead atoms. The number of carbonyl (C=O) groups excluding carboxylic acids is 1. The van der Waals surface area contributed by atoms with Gasteiger partial charge in [0.2, 0.25) is 5.91 Å². The SMILES string of the molecule is Cc1ncn(-c2ccc(NC(=O)CCn3cncn3)cc2)c1C. The normalized spacial score (nSPS) is 10.7. The van der Waals surface area contributed by atoms with Crippen LogP contribution in [0.4, 0.5) is 5.69 Å². The fourth-order valence-corrected chi connectivity index (χ4v) is 2.25. The van der Waals surface area contributed by atoms with Crippen LogP contribution >= 0.6 is 0 Å². The number of aromatic nitrogens is 5. The van der Waals surface area contributed by atoms with Crippen molar-refractivity contribution in [2.24, 2.45) is 0 Å². The zero-order valence-electron chi connectivity index (χ0n) is 13.1. The predicted octanol–water partition coefficient (Wildman–Crippen LogP) is 2.11. The summed E-state index contributed by atoms with van der Waals surface area (Å²) < 4.78 is 3.65. The van der Waals surface area contributed by atoms with Gasteiger partial charge in [0.1, 0.15) is 12.7 Å². The molecule has 0 aliphatic rings. The number of anilines is 1. The fourth-order valence-electron chi connectivity index (χ4n) is 2.25. The summed E-state index contributed by atoms with van der Waals surface area (Å²) in [6.07, 6.45) is 5.20. The molecule has 2 aromatic heterocycles. The maximum Gasteiger partial charge on any atom is 0.226 e. The Kier molecular flexibility index (Phi) is 4.18. The van der Waals surface area contributed by atoms with Crippen molar-refractivity contribution in [1.82, 2.24) is 24.3 Å². The van der Waals surface area contributed by atoms with Gasteiger partial charge in [-0.3, -0.25) is 9.48 Å². The molecular weight excluding hydrogens is 292 g/mol. The standard InChI is InChI=1S/C16H18N6O/c1-12-13(2)22(11-18-12)15-5-3-14(4-6-15)20-16(23)7-8-21-10-17-9-19-21/h3-6,9-11H,7-8H2,1-2H3,(H,20,23). The van der Waals surface area contributed by atoms with Gasteiger partial charge in [-0.1, -0.05) is 0 Å². The van der Waals surface area contributed by atoms with Crippen molar-refractivity contribution in [2.45, 2.75) is 26.8 Å². The van der Waals surface area contributed by atoms with Crippen LogP contribution < -0.4 is 5.32 Å². The van der Waals surface area contributed by atoms with E-state index in [1.54, 1.807) is 17.3 Å². The van der Waals surface area contributed by atoms with Gasteiger partial charge in [0.05, 0.1) is 18.6 Å². The highest BCUT2D eigenvalue weighted by Gasteiger charge is 2.06. The number of nitrogens with zero attached hydrogens (tertiary/aromatic N) is 5. The van der Waals surface area contributed by atoms with Crippen LogP contribution in [-0.2, 0) is 11.3 Å². The first kappa shape index (κ1) is 15.0. The van der Waals surface area contributed by atoms with E-state index in [-0.39, 0.29) is 5.91 Å². The summed E-state index contributed by atoms with van der Waals surface area (Å²) in [5.41, 5.74) is 3.90. The van der Waals surface area contributed by atoms with Crippen LogP contribution in [0.1, 0.15) is 17.8 Å². The summed E-state index contributed by atoms with van der Waals surface area (Å²) in [4.78, 5) is 20.1. The molecule has 2 heterocycles. The van der Waals surface area contributed by atoms with Gasteiger partial charge in [0.15, 0.2) is 0 Å². The molecule has 0 aliphatic heterocycles. The largest absolute Gasteiger partial charge is 0.326 e. The number of imidazole rings is 1. The minimum atomic E-state index is -0.0529. The van der Waals surface area contributed by atoms with Crippen molar-refractivity contribution in [3.8, 4) is 5.69 Å². The molecule has 0 unspecified atom stereocenters. The second-order valence-electron chi connectivity index (χ2n) is 5.29. The zero-order chi connectivity index (χ0) is 16.2. The Morgan fingerprint density at radius 3 is 2.57 bits per heavy atom. The molecule has 1 aromatic carbocycles. The average Bonchev–Trinajstić information content (AvgIpc) is 3.18. The number of aryl methyl sites for hydroxylation is 2. The second kappa shape index (κ2) is 6.43. The van der Waals surface area contributed by atoms with Gasteiger partial charge in [-0.2, -0.15) is 5.10 Å². The quantitative estimate of drug-likeness (QED) is 0.783. The smallest absolute Gasteiger partial charge is 0.226 e. The highest BCUT2D eigenvalue weighted by atomic mass is 16.1. The third kappa shape index (κ3) is 3.45. The summed E-state index contributed by atoms with van der Waals surface area (Å²) in [6, 6.07) is 7.69. The number of nitrogens with one attached hydrogen (secondary N) is 1. The Morgan fingerprint density at radius 1 is 1.17 bits per heavy atom. The lowest BCUT2D eigenvalue weighted by molar-refractivity contribution is -0.116. The number of hydrogen-bond acceptors (Lipinski definition) is 4. The van der Waals surface area contributed by atoms with E-state index in [1.165, 1.54) is 6.33 Å². The van der Waals surface area contributed by atoms with Crippen molar-refractivity contribution < 1.29 is 4.79 Å². The topological polar surface area (TPSA) is 77.6 Å². The molecule has 7 nitrogen and oxygen atoms in total. The van der Waals surface area contributed by atoms with Crippen LogP contribution in [0.25, 0.3) is 5.69 Å². The molecule has 0 fully saturated rings. The Balaban J connectivity index is 1.61. The third-order valence-electron chi connectivity index (χ3n) is 3.72. The molecule has 0 spiro atoms. The molecule has 1 N–H and O–H groups in total. The number of carbonyl (C=O) groups is 1. The second-order valence-corrected chi connectivity index (χ2v) is 5.29. The van der Waals surface area contributed by atoms with Gasteiger partial charge in [0, 0.05) is 23.5 Å². The highest BCUT2D eigenvalue weighted by Crippen LogP contribution is 2.16. The van der Waals surface area contributed by atoms with Crippen molar-refractivity contribution in [1.29, 1.82) is 0 Å². The molecule has 0 radical (unpaired) electrons. The lowest BCUT2D eigenvalue weighted by Crippen LogP contribution is -2.14. The Morgan fingerprint density at radius 2 is 1.96 bits per heavy atom. The van der Waals surface area contributed by atoms with E-state index >= 15 is 0 Å². The summed E-state index contributed by atoms with van der Waals surface area (Å²) in [6.45, 7) is 4.52. The van der Waals surface area contributed by atoms with Crippen molar-refractivity contribution >= 4 is 11.6 Å². The number of rotatable bonds is 5. The van der Waals surface area contributed by atoms with Crippen molar-refractivity contribution in [2.75, 3.05) is 5.32 Å². The number of amides is 1. The number of hydrogen-bond donors (Lipinski definition) is 1. The van der Waals surface area contributed by atoms with E-state index in [0.717, 1.165) is 22.8 Å². The molecule has 7 heteroatoms. The molecule has 3 rings (SSSR count). The van der Waals surface area contributed by atoms with Crippen LogP contribution in [0.2, 0.25) is 0 Å². The zero-order valence-corrected chi connectivity index (χ0v) is 13.1. The molecule has 0 aliphatic carbocycles. The molecule has 118 valence electrons. The van der Waals surface area contributed by atoms with Crippen LogP contribution in [0.3, 0.4) is 0 Å². The van der Waals surface area contributed by atoms with Gasteiger partial charge in [-0.05, 0) is 38.1 Å². The minimum Gasteiger partial charge on any atom is -0.326 e. The molecule has 0 saturated carbocycles. The first-order valence-electron chi connectivity index (χ1n) is 7.37. The van der Waals surface area contributed by atoms with E-state index in [9.17, 15) is 4.79 Å². The molecule has 0 atom stereocenters. The number of benzene rings is 1. The fraction of sp³-hybridized carbons (Fsp3) is 0.250. The maximum absolute atomic E-state index is 11.9. The van der Waals surface area contributed by atoms with E-state index in [4.69, 9.17) is 0 Å². The van der Waals surface area contributed by atoms with Gasteiger partial charge in [0.25, 0.3) is 0 Å². The molecular formula is C16H18N6O. The minimum absolute atomic E-state index is 0.0529. The lowest BCUT2D eigenvalue weighted by Gasteiger charge is -2.08. The van der Waals surface area contributed by atoms with Gasteiger partial charge < -0.3 is 9.88 Å². The summed E-state index contributed by atoms with van der Waals surface area (Å²) in [7, 11) is 0. The Bertz CT molecular complexity index is 789. The van der Waals surface area contributed by atoms with Gasteiger partial charge in [-0.25, -0.2) is 9.97 Å². The van der Waals surface area contributed by atoms with Crippen LogP contribution in [0.5, 0.6) is 0 Å². The molecule has 1 amide bonds. The summed E-state index contributed by atoms with van der Waals surface area (Å²) in [5.74, 6) is -0.0529. The third-order valence-corrected chi connectivity index (χ3v) is 3.72. The van der Waals surface area contributed by atoms with E-state index in [1.807, 2.05) is 42.7 Å². The van der Waals surface area contributed by atoms with E-state index in [0.29, 0.717) is 13.0 Å². The van der Waals surface area contributed by atoms with E-state index < -0.39 is 0 Å². The van der Waals surface area contributed by atoms with Crippen molar-refractivity contribution in [3.63, 3.8) is 0 Å². The molecule has 0 saturated heterocycles. The van der Waals surface area contributed by atoms with E-state index in [2.05, 4.69) is 20.4 Å². The van der Waals surface area contributed by atoms with Gasteiger partial charge in [-0.15, -0.1) is 0 Å². The summed E-state index contributed by atoms with van der Waals surface area (Å²) >= 11 is 0. The monoisotopic (exact) mass is 310 g/mol. The first-order valence-corrected chi connectivity index (χ1v) is 7.37. The predicted molar refractivity (Wildman–Crippen MR) is 86.3 cm³/mol. The lowest BCUT2D eigenvalue weighted by atomic mass is 10.2.